The Morgan fingerprint density at radius 3 is 2.70 bits per heavy atom. The lowest BCUT2D eigenvalue weighted by molar-refractivity contribution is 0.0114. The van der Waals surface area contributed by atoms with Gasteiger partial charge in [0.15, 0.2) is 6.23 Å². The first-order valence-corrected chi connectivity index (χ1v) is 13.3. The fraction of sp³-hybridized carbons (Fsp3) is 0.423. The largest absolute Gasteiger partial charge is 0.474 e. The number of fused-ring (bicyclic) bond motifs is 3. The summed E-state index contributed by atoms with van der Waals surface area (Å²) in [5, 5.41) is 0.943. The molecule has 0 spiro atoms. The molecule has 0 saturated carbocycles. The van der Waals surface area contributed by atoms with Gasteiger partial charge >= 0.3 is 5.97 Å². The van der Waals surface area contributed by atoms with Gasteiger partial charge in [0.2, 0.25) is 0 Å². The maximum atomic E-state index is 13.3. The second-order valence-corrected chi connectivity index (χ2v) is 10.3. The standard InChI is InChI=1S/C26H31BrN2O3S/c1-5-7-13-22-28(3)15-18-23-20(14-19(27)25(18)32-22)29(4)21(24(23)26(30)31-6-2)16-33-17-11-9-8-10-12-17/h8-12,14,22H,5-7,13,15-16H2,1-4H3. The summed E-state index contributed by atoms with van der Waals surface area (Å²) in [6.45, 7) is 5.11. The van der Waals surface area contributed by atoms with Crippen LogP contribution in [0, 0.1) is 0 Å². The molecule has 0 N–H and O–H groups in total. The van der Waals surface area contributed by atoms with E-state index in [1.165, 1.54) is 4.90 Å². The van der Waals surface area contributed by atoms with E-state index >= 15 is 0 Å². The number of benzene rings is 2. The zero-order valence-corrected chi connectivity index (χ0v) is 22.1. The van der Waals surface area contributed by atoms with Gasteiger partial charge in [0.25, 0.3) is 0 Å². The monoisotopic (exact) mass is 530 g/mol. The fourth-order valence-electron chi connectivity index (χ4n) is 4.45. The number of thioether (sulfide) groups is 1. The maximum absolute atomic E-state index is 13.3. The van der Waals surface area contributed by atoms with E-state index in [-0.39, 0.29) is 12.2 Å². The van der Waals surface area contributed by atoms with Gasteiger partial charge in [0.1, 0.15) is 5.75 Å². The summed E-state index contributed by atoms with van der Waals surface area (Å²) in [5.41, 5.74) is 3.68. The van der Waals surface area contributed by atoms with Crippen LogP contribution in [0.2, 0.25) is 0 Å². The van der Waals surface area contributed by atoms with Crippen molar-refractivity contribution in [3.05, 3.63) is 57.7 Å². The Kier molecular flexibility index (Phi) is 7.72. The predicted molar refractivity (Wildman–Crippen MR) is 138 cm³/mol. The number of ether oxygens (including phenoxy) is 2. The van der Waals surface area contributed by atoms with Crippen molar-refractivity contribution in [2.45, 2.75) is 56.5 Å². The lowest BCUT2D eigenvalue weighted by Gasteiger charge is -2.35. The summed E-state index contributed by atoms with van der Waals surface area (Å²) in [6.07, 6.45) is 3.27. The number of aromatic nitrogens is 1. The van der Waals surface area contributed by atoms with E-state index in [0.717, 1.165) is 58.2 Å². The number of esters is 1. The summed E-state index contributed by atoms with van der Waals surface area (Å²) >= 11 is 5.47. The maximum Gasteiger partial charge on any atom is 0.340 e. The summed E-state index contributed by atoms with van der Waals surface area (Å²) in [7, 11) is 4.12. The molecular weight excluding hydrogens is 500 g/mol. The van der Waals surface area contributed by atoms with Gasteiger partial charge in [-0.05, 0) is 60.9 Å². The Morgan fingerprint density at radius 2 is 2.00 bits per heavy atom. The highest BCUT2D eigenvalue weighted by atomic mass is 79.9. The molecule has 0 aliphatic carbocycles. The first-order valence-electron chi connectivity index (χ1n) is 11.5. The molecule has 3 aromatic rings. The van der Waals surface area contributed by atoms with E-state index in [2.05, 4.69) is 57.6 Å². The zero-order chi connectivity index (χ0) is 23.5. The van der Waals surface area contributed by atoms with E-state index in [1.807, 2.05) is 32.2 Å². The zero-order valence-electron chi connectivity index (χ0n) is 19.7. The first kappa shape index (κ1) is 24.2. The van der Waals surface area contributed by atoms with Gasteiger partial charge in [-0.2, -0.15) is 0 Å². The number of unbranched alkanes of at least 4 members (excludes halogenated alkanes) is 1. The molecule has 1 aliphatic heterocycles. The molecule has 1 atom stereocenters. The molecule has 5 nitrogen and oxygen atoms in total. The van der Waals surface area contributed by atoms with Crippen LogP contribution in [-0.2, 0) is 24.1 Å². The normalized spacial score (nSPS) is 16.0. The lowest BCUT2D eigenvalue weighted by atomic mass is 10.0. The van der Waals surface area contributed by atoms with E-state index < -0.39 is 0 Å². The van der Waals surface area contributed by atoms with Crippen molar-refractivity contribution < 1.29 is 14.3 Å². The van der Waals surface area contributed by atoms with E-state index in [1.54, 1.807) is 11.8 Å². The minimum Gasteiger partial charge on any atom is -0.474 e. The quantitative estimate of drug-likeness (QED) is 0.238. The second kappa shape index (κ2) is 10.5. The predicted octanol–water partition coefficient (Wildman–Crippen LogP) is 6.75. The molecule has 2 aromatic carbocycles. The van der Waals surface area contributed by atoms with E-state index in [9.17, 15) is 4.79 Å². The summed E-state index contributed by atoms with van der Waals surface area (Å²) in [5.74, 6) is 1.25. The Bertz CT molecular complexity index is 1150. The highest BCUT2D eigenvalue weighted by Crippen LogP contribution is 2.44. The second-order valence-electron chi connectivity index (χ2n) is 8.39. The van der Waals surface area contributed by atoms with Crippen molar-refractivity contribution in [3.63, 3.8) is 0 Å². The van der Waals surface area contributed by atoms with Crippen LogP contribution in [-0.4, -0.2) is 35.3 Å². The van der Waals surface area contributed by atoms with Crippen LogP contribution in [0.3, 0.4) is 0 Å². The third-order valence-corrected chi connectivity index (χ3v) is 7.79. The average Bonchev–Trinajstić information content (AvgIpc) is 3.09. The van der Waals surface area contributed by atoms with Crippen LogP contribution in [0.25, 0.3) is 10.9 Å². The number of carbonyl (C=O) groups excluding carboxylic acids is 1. The molecule has 0 amide bonds. The van der Waals surface area contributed by atoms with Gasteiger partial charge in [-0.1, -0.05) is 31.5 Å². The number of rotatable bonds is 8. The Balaban J connectivity index is 1.84. The van der Waals surface area contributed by atoms with Crippen molar-refractivity contribution in [1.29, 1.82) is 0 Å². The van der Waals surface area contributed by atoms with E-state index in [4.69, 9.17) is 9.47 Å². The van der Waals surface area contributed by atoms with Crippen molar-refractivity contribution in [3.8, 4) is 5.75 Å². The minimum atomic E-state index is -0.271. The summed E-state index contributed by atoms with van der Waals surface area (Å²) < 4.78 is 15.1. The van der Waals surface area contributed by atoms with Crippen molar-refractivity contribution in [2.24, 2.45) is 7.05 Å². The van der Waals surface area contributed by atoms with Crippen LogP contribution >= 0.6 is 27.7 Å². The lowest BCUT2D eigenvalue weighted by Crippen LogP contribution is -2.40. The van der Waals surface area contributed by atoms with Crippen molar-refractivity contribution in [1.82, 2.24) is 9.47 Å². The Labute approximate surface area is 208 Å². The third-order valence-electron chi connectivity index (χ3n) is 6.17. The molecule has 0 saturated heterocycles. The van der Waals surface area contributed by atoms with Gasteiger partial charge < -0.3 is 14.0 Å². The number of nitrogens with zero attached hydrogens (tertiary/aromatic N) is 2. The molecule has 4 rings (SSSR count). The average molecular weight is 532 g/mol. The number of carbonyl (C=O) groups is 1. The Hall–Kier alpha value is -1.96. The minimum absolute atomic E-state index is 0.0362. The topological polar surface area (TPSA) is 43.7 Å². The van der Waals surface area contributed by atoms with Gasteiger partial charge in [0.05, 0.1) is 22.2 Å². The van der Waals surface area contributed by atoms with Gasteiger partial charge in [-0.25, -0.2) is 4.79 Å². The van der Waals surface area contributed by atoms with Crippen LogP contribution in [0.4, 0.5) is 0 Å². The molecule has 1 aliphatic rings. The fourth-order valence-corrected chi connectivity index (χ4v) is 5.99. The molecular formula is C26H31BrN2O3S. The van der Waals surface area contributed by atoms with Crippen LogP contribution in [0.1, 0.15) is 54.7 Å². The first-order chi connectivity index (χ1) is 16.0. The number of halogens is 1. The molecule has 2 heterocycles. The van der Waals surface area contributed by atoms with Crippen molar-refractivity contribution >= 4 is 44.6 Å². The van der Waals surface area contributed by atoms with Gasteiger partial charge in [0, 0.05) is 40.9 Å². The summed E-state index contributed by atoms with van der Waals surface area (Å²) in [6, 6.07) is 12.3. The van der Waals surface area contributed by atoms with Gasteiger partial charge in [-0.3, -0.25) is 4.90 Å². The third kappa shape index (κ3) is 4.81. The SMILES string of the molecule is CCCCC1Oc2c(Br)cc3c(c2CN1C)c(C(=O)OCC)c(CSc1ccccc1)n3C. The molecule has 0 bridgehead atoms. The molecule has 176 valence electrons. The van der Waals surface area contributed by atoms with Crippen LogP contribution < -0.4 is 4.74 Å². The van der Waals surface area contributed by atoms with Crippen molar-refractivity contribution in [2.75, 3.05) is 13.7 Å². The smallest absolute Gasteiger partial charge is 0.340 e. The highest BCUT2D eigenvalue weighted by Gasteiger charge is 2.32. The molecule has 0 fully saturated rings. The molecule has 0 radical (unpaired) electrons. The number of hydrogen-bond acceptors (Lipinski definition) is 5. The molecule has 1 unspecified atom stereocenters. The van der Waals surface area contributed by atoms with Crippen LogP contribution in [0.15, 0.2) is 45.8 Å². The summed E-state index contributed by atoms with van der Waals surface area (Å²) in [4.78, 5) is 16.7. The number of aryl methyl sites for hydroxylation is 1. The molecule has 1 aromatic heterocycles. The molecule has 7 heteroatoms. The van der Waals surface area contributed by atoms with E-state index in [0.29, 0.717) is 17.9 Å². The van der Waals surface area contributed by atoms with Crippen LogP contribution in [0.5, 0.6) is 5.75 Å². The number of hydrogen-bond donors (Lipinski definition) is 0. The molecule has 33 heavy (non-hydrogen) atoms. The Morgan fingerprint density at radius 1 is 1.24 bits per heavy atom. The van der Waals surface area contributed by atoms with Gasteiger partial charge in [-0.15, -0.1) is 11.8 Å². The highest BCUT2D eigenvalue weighted by molar-refractivity contribution is 9.10.